The fourth-order valence-corrected chi connectivity index (χ4v) is 4.73. The van der Waals surface area contributed by atoms with E-state index in [0.29, 0.717) is 32.6 Å². The van der Waals surface area contributed by atoms with E-state index in [1.807, 2.05) is 52.8 Å². The first-order valence-corrected chi connectivity index (χ1v) is 11.1. The third-order valence-electron chi connectivity index (χ3n) is 6.21. The zero-order valence-corrected chi connectivity index (χ0v) is 17.9. The number of piperidine rings is 1. The molecule has 1 saturated heterocycles. The fraction of sp³-hybridized carbons (Fsp3) is 0.458. The van der Waals surface area contributed by atoms with Crippen molar-refractivity contribution >= 4 is 11.9 Å². The van der Waals surface area contributed by atoms with Crippen LogP contribution in [0.15, 0.2) is 53.3 Å². The smallest absolute Gasteiger partial charge is 0.318 e. The van der Waals surface area contributed by atoms with Crippen molar-refractivity contribution in [3.63, 3.8) is 0 Å². The topological polar surface area (TPSA) is 83.4 Å². The average Bonchev–Trinajstić information content (AvgIpc) is 2.78. The molecule has 3 amide bonds. The number of nitrogens with zero attached hydrogens (tertiary/aromatic N) is 2. The Morgan fingerprint density at radius 2 is 1.87 bits per heavy atom. The number of urea groups is 1. The summed E-state index contributed by atoms with van der Waals surface area (Å²) in [6.45, 7) is 4.37. The Morgan fingerprint density at radius 3 is 2.65 bits per heavy atom. The number of likely N-dealkylation sites (tertiary alicyclic amines) is 1. The van der Waals surface area contributed by atoms with Gasteiger partial charge in [-0.3, -0.25) is 9.59 Å². The molecule has 31 heavy (non-hydrogen) atoms. The van der Waals surface area contributed by atoms with Crippen LogP contribution in [0.4, 0.5) is 4.79 Å². The first kappa shape index (κ1) is 21.2. The molecule has 2 bridgehead atoms. The molecule has 3 atom stereocenters. The summed E-state index contributed by atoms with van der Waals surface area (Å²) in [7, 11) is 0. The minimum absolute atomic E-state index is 0.0284. The molecule has 1 aromatic heterocycles. The average molecular weight is 423 g/mol. The third kappa shape index (κ3) is 4.81. The van der Waals surface area contributed by atoms with E-state index in [0.717, 1.165) is 24.1 Å². The second-order valence-corrected chi connectivity index (χ2v) is 8.59. The van der Waals surface area contributed by atoms with E-state index in [9.17, 15) is 14.4 Å². The molecule has 3 heterocycles. The molecular weight excluding hydrogens is 392 g/mol. The molecule has 1 fully saturated rings. The van der Waals surface area contributed by atoms with Gasteiger partial charge in [-0.05, 0) is 30.4 Å². The first-order valence-electron chi connectivity index (χ1n) is 11.1. The molecule has 1 aromatic carbocycles. The number of carbonyl (C=O) groups excluding carboxylic acids is 2. The number of aromatic nitrogens is 1. The molecule has 2 aromatic rings. The Bertz CT molecular complexity index is 988. The lowest BCUT2D eigenvalue weighted by Crippen LogP contribution is -2.56. The summed E-state index contributed by atoms with van der Waals surface area (Å²) in [5, 5.41) is 5.88. The van der Waals surface area contributed by atoms with E-state index >= 15 is 0 Å². The highest BCUT2D eigenvalue weighted by Gasteiger charge is 2.37. The van der Waals surface area contributed by atoms with Gasteiger partial charge >= 0.3 is 6.03 Å². The van der Waals surface area contributed by atoms with Crippen LogP contribution in [0.3, 0.4) is 0 Å². The minimum Gasteiger partial charge on any atom is -0.354 e. The summed E-state index contributed by atoms with van der Waals surface area (Å²) >= 11 is 0. The number of amides is 3. The third-order valence-corrected chi connectivity index (χ3v) is 6.21. The summed E-state index contributed by atoms with van der Waals surface area (Å²) in [5.74, 6) is 0.236. The predicted octanol–water partition coefficient (Wildman–Crippen LogP) is 2.11. The van der Waals surface area contributed by atoms with Crippen molar-refractivity contribution < 1.29 is 9.59 Å². The van der Waals surface area contributed by atoms with Crippen molar-refractivity contribution in [2.75, 3.05) is 19.6 Å². The standard InChI is InChI=1S/C24H30N4O3/c1-2-11-25-23(30)20(13-17-7-4-3-5-8-17)26-24(31)27-14-18-12-19(16-27)21-9-6-10-22(29)28(21)15-18/h3-10,18-20H,2,11-16H2,1H3,(H,25,30)(H,26,31)/t18-,19-,20-/m0/s1. The van der Waals surface area contributed by atoms with Gasteiger partial charge in [0.15, 0.2) is 0 Å². The van der Waals surface area contributed by atoms with Gasteiger partial charge in [0.05, 0.1) is 0 Å². The van der Waals surface area contributed by atoms with Crippen LogP contribution in [-0.4, -0.2) is 47.1 Å². The molecule has 0 radical (unpaired) electrons. The Hall–Kier alpha value is -3.09. The van der Waals surface area contributed by atoms with Crippen LogP contribution in [0.1, 0.15) is 36.9 Å². The molecular formula is C24H30N4O3. The second-order valence-electron chi connectivity index (χ2n) is 8.59. The molecule has 0 aliphatic carbocycles. The van der Waals surface area contributed by atoms with Gasteiger partial charge in [-0.2, -0.15) is 0 Å². The van der Waals surface area contributed by atoms with Gasteiger partial charge in [-0.25, -0.2) is 4.79 Å². The Balaban J connectivity index is 1.47. The molecule has 2 N–H and O–H groups in total. The van der Waals surface area contributed by atoms with Crippen molar-refractivity contribution in [3.8, 4) is 0 Å². The lowest BCUT2D eigenvalue weighted by Gasteiger charge is -2.43. The maximum Gasteiger partial charge on any atom is 0.318 e. The van der Waals surface area contributed by atoms with Gasteiger partial charge in [-0.15, -0.1) is 0 Å². The largest absolute Gasteiger partial charge is 0.354 e. The Morgan fingerprint density at radius 1 is 1.06 bits per heavy atom. The highest BCUT2D eigenvalue weighted by atomic mass is 16.2. The van der Waals surface area contributed by atoms with E-state index in [1.54, 1.807) is 12.1 Å². The van der Waals surface area contributed by atoms with E-state index in [2.05, 4.69) is 10.6 Å². The van der Waals surface area contributed by atoms with Crippen molar-refractivity contribution in [2.45, 2.75) is 44.7 Å². The number of rotatable bonds is 6. The molecule has 7 heteroatoms. The van der Waals surface area contributed by atoms with Gasteiger partial charge in [0.2, 0.25) is 5.91 Å². The van der Waals surface area contributed by atoms with E-state index in [-0.39, 0.29) is 29.3 Å². The number of carbonyl (C=O) groups is 2. The number of nitrogens with one attached hydrogen (secondary N) is 2. The summed E-state index contributed by atoms with van der Waals surface area (Å²) in [4.78, 5) is 39.9. The molecule has 0 unspecified atom stereocenters. The van der Waals surface area contributed by atoms with Gasteiger partial charge in [0, 0.05) is 50.3 Å². The van der Waals surface area contributed by atoms with Crippen LogP contribution < -0.4 is 16.2 Å². The molecule has 0 saturated carbocycles. The maximum atomic E-state index is 13.2. The highest BCUT2D eigenvalue weighted by molar-refractivity contribution is 5.87. The molecule has 7 nitrogen and oxygen atoms in total. The Labute approximate surface area is 182 Å². The van der Waals surface area contributed by atoms with Gasteiger partial charge < -0.3 is 20.1 Å². The van der Waals surface area contributed by atoms with Crippen LogP contribution in [0.5, 0.6) is 0 Å². The minimum atomic E-state index is -0.627. The zero-order chi connectivity index (χ0) is 21.8. The zero-order valence-electron chi connectivity index (χ0n) is 17.9. The van der Waals surface area contributed by atoms with Gasteiger partial charge in [-0.1, -0.05) is 43.3 Å². The number of pyridine rings is 1. The Kier molecular flexibility index (Phi) is 6.39. The summed E-state index contributed by atoms with van der Waals surface area (Å²) in [6, 6.07) is 14.3. The lowest BCUT2D eigenvalue weighted by atomic mass is 9.83. The normalized spacial score (nSPS) is 20.5. The predicted molar refractivity (Wildman–Crippen MR) is 119 cm³/mol. The quantitative estimate of drug-likeness (QED) is 0.748. The van der Waals surface area contributed by atoms with Crippen molar-refractivity contribution in [2.24, 2.45) is 5.92 Å². The number of hydrogen-bond acceptors (Lipinski definition) is 3. The number of benzene rings is 1. The summed E-state index contributed by atoms with van der Waals surface area (Å²) in [5.41, 5.74) is 2.03. The molecule has 4 rings (SSSR count). The number of fused-ring (bicyclic) bond motifs is 4. The van der Waals surface area contributed by atoms with Crippen LogP contribution in [0.25, 0.3) is 0 Å². The van der Waals surface area contributed by atoms with Crippen LogP contribution in [0, 0.1) is 5.92 Å². The number of hydrogen-bond donors (Lipinski definition) is 2. The van der Waals surface area contributed by atoms with Crippen molar-refractivity contribution in [1.82, 2.24) is 20.1 Å². The molecule has 0 spiro atoms. The lowest BCUT2D eigenvalue weighted by molar-refractivity contribution is -0.122. The summed E-state index contributed by atoms with van der Waals surface area (Å²) in [6.07, 6.45) is 2.27. The molecule has 164 valence electrons. The fourth-order valence-electron chi connectivity index (χ4n) is 4.73. The van der Waals surface area contributed by atoms with Crippen LogP contribution >= 0.6 is 0 Å². The summed E-state index contributed by atoms with van der Waals surface area (Å²) < 4.78 is 1.85. The highest BCUT2D eigenvalue weighted by Crippen LogP contribution is 2.34. The first-order chi connectivity index (χ1) is 15.0. The molecule has 2 aliphatic rings. The van der Waals surface area contributed by atoms with E-state index in [4.69, 9.17) is 0 Å². The van der Waals surface area contributed by atoms with Crippen LogP contribution in [-0.2, 0) is 17.8 Å². The van der Waals surface area contributed by atoms with Gasteiger partial charge in [0.25, 0.3) is 5.56 Å². The van der Waals surface area contributed by atoms with Crippen LogP contribution in [0.2, 0.25) is 0 Å². The van der Waals surface area contributed by atoms with Crippen molar-refractivity contribution in [1.29, 1.82) is 0 Å². The monoisotopic (exact) mass is 422 g/mol. The molecule has 2 aliphatic heterocycles. The van der Waals surface area contributed by atoms with Crippen molar-refractivity contribution in [3.05, 3.63) is 70.1 Å². The second kappa shape index (κ2) is 9.37. The van der Waals surface area contributed by atoms with E-state index in [1.165, 1.54) is 0 Å². The maximum absolute atomic E-state index is 13.2. The van der Waals surface area contributed by atoms with Gasteiger partial charge in [0.1, 0.15) is 6.04 Å². The van der Waals surface area contributed by atoms with E-state index < -0.39 is 6.04 Å². The SMILES string of the molecule is CCCNC(=O)[C@H](Cc1ccccc1)NC(=O)N1C[C@@H]2C[C@@H](C1)c1cccc(=O)n1C2.